The molecule has 3 amide bonds. The molecule has 0 saturated carbocycles. The first-order chi connectivity index (χ1) is 24.2. The number of sulfonamides is 1. The fraction of sp³-hybridized carbons (Fsp3) is 0.432. The van der Waals surface area contributed by atoms with Crippen LogP contribution in [-0.2, 0) is 25.9 Å². The number of amidine groups is 1. The summed E-state index contributed by atoms with van der Waals surface area (Å²) in [6.07, 6.45) is 2.97. The van der Waals surface area contributed by atoms with Gasteiger partial charge >= 0.3 is 6.03 Å². The molecule has 2 fully saturated rings. The van der Waals surface area contributed by atoms with Gasteiger partial charge in [-0.2, -0.15) is 4.31 Å². The fourth-order valence-corrected chi connectivity index (χ4v) is 9.86. The molecule has 0 unspecified atom stereocenters. The lowest BCUT2D eigenvalue weighted by Gasteiger charge is -2.47. The number of rotatable bonds is 9. The van der Waals surface area contributed by atoms with Crippen LogP contribution in [0.15, 0.2) is 70.6 Å². The number of primary amides is 1. The van der Waals surface area contributed by atoms with E-state index in [-0.39, 0.29) is 46.6 Å². The second kappa shape index (κ2) is 14.6. The van der Waals surface area contributed by atoms with Gasteiger partial charge in [-0.25, -0.2) is 13.2 Å². The van der Waals surface area contributed by atoms with Gasteiger partial charge in [-0.3, -0.25) is 14.7 Å². The number of hydrogen-bond acceptors (Lipinski definition) is 6. The second-order valence-corrected chi connectivity index (χ2v) is 16.8. The highest BCUT2D eigenvalue weighted by Gasteiger charge is 2.60. The van der Waals surface area contributed by atoms with Crippen molar-refractivity contribution >= 4 is 62.6 Å². The average Bonchev–Trinajstić information content (AvgIpc) is 3.72. The van der Waals surface area contributed by atoms with Gasteiger partial charge in [0.1, 0.15) is 27.6 Å². The van der Waals surface area contributed by atoms with E-state index in [1.807, 2.05) is 45.0 Å². The average molecular weight is 775 g/mol. The number of hydrogen-bond donors (Lipinski definition) is 1. The number of urea groups is 1. The summed E-state index contributed by atoms with van der Waals surface area (Å²) in [5.41, 5.74) is 5.01. The molecule has 10 nitrogen and oxygen atoms in total. The number of piperidine rings is 1. The van der Waals surface area contributed by atoms with Crippen LogP contribution in [0.2, 0.25) is 15.1 Å². The minimum absolute atomic E-state index is 0.0167. The molecule has 0 bridgehead atoms. The van der Waals surface area contributed by atoms with E-state index in [0.717, 1.165) is 24.0 Å². The van der Waals surface area contributed by atoms with Crippen LogP contribution in [0.5, 0.6) is 5.75 Å². The summed E-state index contributed by atoms with van der Waals surface area (Å²) in [7, 11) is -3.99. The molecule has 272 valence electrons. The normalized spacial score (nSPS) is 23.1. The molecule has 3 aliphatic heterocycles. The molecule has 51 heavy (non-hydrogen) atoms. The van der Waals surface area contributed by atoms with Crippen molar-refractivity contribution in [2.24, 2.45) is 16.6 Å². The quantitative estimate of drug-likeness (QED) is 0.242. The molecule has 3 heterocycles. The van der Waals surface area contributed by atoms with Gasteiger partial charge in [0.25, 0.3) is 0 Å². The van der Waals surface area contributed by atoms with Crippen LogP contribution in [0.1, 0.15) is 69.6 Å². The molecule has 0 aromatic heterocycles. The Morgan fingerprint density at radius 2 is 1.47 bits per heavy atom. The first kappa shape index (κ1) is 37.4. The highest BCUT2D eigenvalue weighted by Crippen LogP contribution is 2.54. The minimum Gasteiger partial charge on any atom is -0.493 e. The van der Waals surface area contributed by atoms with Gasteiger partial charge in [0.15, 0.2) is 0 Å². The second-order valence-electron chi connectivity index (χ2n) is 13.6. The van der Waals surface area contributed by atoms with Crippen molar-refractivity contribution in [2.75, 3.05) is 32.8 Å². The van der Waals surface area contributed by atoms with Gasteiger partial charge in [0.05, 0.1) is 17.2 Å². The number of carbonyl (C=O) groups excluding carboxylic acids is 2. The maximum Gasteiger partial charge on any atom is 0.326 e. The maximum atomic E-state index is 15.2. The molecule has 2 N–H and O–H groups in total. The van der Waals surface area contributed by atoms with E-state index in [2.05, 4.69) is 0 Å². The highest BCUT2D eigenvalue weighted by atomic mass is 35.5. The fourth-order valence-electron chi connectivity index (χ4n) is 7.57. The minimum atomic E-state index is -3.99. The largest absolute Gasteiger partial charge is 0.493 e. The van der Waals surface area contributed by atoms with Gasteiger partial charge in [0.2, 0.25) is 15.9 Å². The summed E-state index contributed by atoms with van der Waals surface area (Å²) in [5, 5.41) is 1.08. The predicted octanol–water partition coefficient (Wildman–Crippen LogP) is 7.43. The van der Waals surface area contributed by atoms with Gasteiger partial charge in [-0.1, -0.05) is 59.1 Å². The number of nitrogens with zero attached hydrogens (tertiary/aromatic N) is 4. The van der Waals surface area contributed by atoms with Crippen LogP contribution >= 0.6 is 34.8 Å². The molecular formula is C37H42Cl3N5O5S. The van der Waals surface area contributed by atoms with Crippen molar-refractivity contribution < 1.29 is 22.7 Å². The number of ether oxygens (including phenoxy) is 1. The van der Waals surface area contributed by atoms with Gasteiger partial charge in [0, 0.05) is 48.7 Å². The van der Waals surface area contributed by atoms with Crippen LogP contribution in [-0.4, -0.2) is 73.1 Å². The molecular weight excluding hydrogens is 733 g/mol. The Morgan fingerprint density at radius 3 is 2.02 bits per heavy atom. The van der Waals surface area contributed by atoms with Crippen molar-refractivity contribution in [3.8, 4) is 5.75 Å². The molecule has 6 rings (SSSR count). The number of aliphatic imine (C=N–C) groups is 1. The molecule has 2 atom stereocenters. The zero-order chi connectivity index (χ0) is 36.7. The number of carbonyl (C=O) groups is 2. The van der Waals surface area contributed by atoms with E-state index < -0.39 is 21.1 Å². The van der Waals surface area contributed by atoms with Gasteiger partial charge in [-0.15, -0.1) is 0 Å². The zero-order valence-corrected chi connectivity index (χ0v) is 32.0. The lowest BCUT2D eigenvalue weighted by molar-refractivity contribution is -0.119. The van der Waals surface area contributed by atoms with E-state index in [1.54, 1.807) is 34.1 Å². The van der Waals surface area contributed by atoms with Crippen LogP contribution in [0, 0.1) is 5.92 Å². The van der Waals surface area contributed by atoms with E-state index in [1.165, 1.54) is 16.4 Å². The van der Waals surface area contributed by atoms with Crippen molar-refractivity contribution in [3.05, 3.63) is 92.4 Å². The molecule has 3 aliphatic rings. The predicted molar refractivity (Wildman–Crippen MR) is 200 cm³/mol. The van der Waals surface area contributed by atoms with Crippen LogP contribution in [0.4, 0.5) is 4.79 Å². The lowest BCUT2D eigenvalue weighted by Crippen LogP contribution is -2.59. The number of amides is 3. The number of likely N-dealkylation sites (tertiary alicyclic amines) is 1. The summed E-state index contributed by atoms with van der Waals surface area (Å²) < 4.78 is 35.6. The van der Waals surface area contributed by atoms with E-state index in [4.69, 9.17) is 50.3 Å². The smallest absolute Gasteiger partial charge is 0.326 e. The molecule has 2 saturated heterocycles. The monoisotopic (exact) mass is 773 g/mol. The Bertz CT molecular complexity index is 1950. The number of halogens is 3. The van der Waals surface area contributed by atoms with Crippen molar-refractivity contribution in [2.45, 2.75) is 68.8 Å². The summed E-state index contributed by atoms with van der Waals surface area (Å²) in [5.74, 6) is 0.221. The Hall–Kier alpha value is -3.35. The maximum absolute atomic E-state index is 15.2. The summed E-state index contributed by atoms with van der Waals surface area (Å²) in [6.45, 7) is 7.54. The van der Waals surface area contributed by atoms with Crippen molar-refractivity contribution in [3.63, 3.8) is 0 Å². The van der Waals surface area contributed by atoms with Gasteiger partial charge < -0.3 is 15.4 Å². The molecule has 0 aliphatic carbocycles. The SMILES string of the molecule is CCOc1cc(Cl)c(S(=O)(=O)N2CCCC2)cc1C1=N[C@@](C)(c2ccc(Cl)cc2)[C@@](C)(c2ccc(Cl)cc2)N1C(=O)N1CCC(CC(N)=O)CC1. The summed E-state index contributed by atoms with van der Waals surface area (Å²) >= 11 is 19.5. The van der Waals surface area contributed by atoms with Crippen LogP contribution < -0.4 is 10.5 Å². The Kier molecular flexibility index (Phi) is 10.7. The van der Waals surface area contributed by atoms with Crippen molar-refractivity contribution in [1.82, 2.24) is 14.1 Å². The van der Waals surface area contributed by atoms with E-state index in [0.29, 0.717) is 60.4 Å². The third-order valence-electron chi connectivity index (χ3n) is 10.6. The van der Waals surface area contributed by atoms with E-state index in [9.17, 15) is 13.2 Å². The Morgan fingerprint density at radius 1 is 0.902 bits per heavy atom. The van der Waals surface area contributed by atoms with Crippen LogP contribution in [0.3, 0.4) is 0 Å². The lowest BCUT2D eigenvalue weighted by atomic mass is 9.71. The van der Waals surface area contributed by atoms with Crippen LogP contribution in [0.25, 0.3) is 0 Å². The third kappa shape index (κ3) is 6.83. The summed E-state index contributed by atoms with van der Waals surface area (Å²) in [4.78, 5) is 35.7. The topological polar surface area (TPSA) is 126 Å². The molecule has 3 aromatic carbocycles. The standard InChI is InChI=1S/C37H42Cl3N5O5S/c1-4-50-31-23-30(40)32(51(48,49)44-17-5-6-18-44)22-29(31)34-42-36(2,25-7-11-27(38)12-8-25)37(3,26-9-13-28(39)14-10-26)45(34)35(47)43-19-15-24(16-20-43)21-33(41)46/h7-14,22-24H,4-6,15-21H2,1-3H3,(H2,41,46)/t36-,37+/m0/s1. The van der Waals surface area contributed by atoms with E-state index >= 15 is 4.79 Å². The first-order valence-electron chi connectivity index (χ1n) is 17.2. The Labute approximate surface area is 314 Å². The third-order valence-corrected chi connectivity index (χ3v) is 13.4. The van der Waals surface area contributed by atoms with Crippen molar-refractivity contribution in [1.29, 1.82) is 0 Å². The molecule has 14 heteroatoms. The number of nitrogens with two attached hydrogens (primary N) is 1. The molecule has 3 aromatic rings. The first-order valence-corrected chi connectivity index (χ1v) is 19.7. The summed E-state index contributed by atoms with van der Waals surface area (Å²) in [6, 6.07) is 17.3. The highest BCUT2D eigenvalue weighted by molar-refractivity contribution is 7.89. The zero-order valence-electron chi connectivity index (χ0n) is 28.9. The molecule has 0 spiro atoms. The Balaban J connectivity index is 1.60. The molecule has 0 radical (unpaired) electrons. The van der Waals surface area contributed by atoms with Gasteiger partial charge in [-0.05, 0) is 93.8 Å². The number of benzene rings is 3.